The molecule has 0 aliphatic rings. The van der Waals surface area contributed by atoms with Crippen molar-refractivity contribution < 1.29 is 9.53 Å². The molecule has 0 radical (unpaired) electrons. The fourth-order valence-electron chi connectivity index (χ4n) is 2.09. The topological polar surface area (TPSA) is 38.3 Å². The SMILES string of the molecule is Cc1cc(Cl)ccc1NC(=O)COc1cc(C)c(Cl)c(C)c1. The van der Waals surface area contributed by atoms with Crippen LogP contribution in [0, 0.1) is 20.8 Å². The van der Waals surface area contributed by atoms with Gasteiger partial charge in [0.1, 0.15) is 5.75 Å². The monoisotopic (exact) mass is 337 g/mol. The minimum absolute atomic E-state index is 0.0669. The van der Waals surface area contributed by atoms with Crippen molar-refractivity contribution in [2.75, 3.05) is 11.9 Å². The largest absolute Gasteiger partial charge is 0.484 e. The van der Waals surface area contributed by atoms with Gasteiger partial charge in [0.15, 0.2) is 6.61 Å². The van der Waals surface area contributed by atoms with Gasteiger partial charge >= 0.3 is 0 Å². The Morgan fingerprint density at radius 1 is 1.05 bits per heavy atom. The lowest BCUT2D eigenvalue weighted by atomic mass is 10.1. The first-order valence-corrected chi connectivity index (χ1v) is 7.58. The van der Waals surface area contributed by atoms with E-state index >= 15 is 0 Å². The molecular weight excluding hydrogens is 321 g/mol. The van der Waals surface area contributed by atoms with Crippen molar-refractivity contribution in [3.05, 3.63) is 57.1 Å². The van der Waals surface area contributed by atoms with Gasteiger partial charge in [0.2, 0.25) is 0 Å². The highest BCUT2D eigenvalue weighted by Gasteiger charge is 2.08. The summed E-state index contributed by atoms with van der Waals surface area (Å²) in [5.41, 5.74) is 3.47. The van der Waals surface area contributed by atoms with Crippen LogP contribution >= 0.6 is 23.2 Å². The number of nitrogens with one attached hydrogen (secondary N) is 1. The standard InChI is InChI=1S/C17H17Cl2NO2/c1-10-6-13(18)4-5-15(10)20-16(21)9-22-14-7-11(2)17(19)12(3)8-14/h4-8H,9H2,1-3H3,(H,20,21). The van der Waals surface area contributed by atoms with E-state index in [9.17, 15) is 4.79 Å². The highest BCUT2D eigenvalue weighted by Crippen LogP contribution is 2.26. The fourth-order valence-corrected chi connectivity index (χ4v) is 2.43. The van der Waals surface area contributed by atoms with Crippen LogP contribution in [0.2, 0.25) is 10.0 Å². The van der Waals surface area contributed by atoms with Crippen LogP contribution in [0.3, 0.4) is 0 Å². The number of hydrogen-bond acceptors (Lipinski definition) is 2. The van der Waals surface area contributed by atoms with E-state index < -0.39 is 0 Å². The van der Waals surface area contributed by atoms with Crippen LogP contribution in [0.5, 0.6) is 5.75 Å². The maximum Gasteiger partial charge on any atom is 0.262 e. The van der Waals surface area contributed by atoms with Crippen LogP contribution in [0.25, 0.3) is 0 Å². The first kappa shape index (κ1) is 16.7. The minimum atomic E-state index is -0.226. The lowest BCUT2D eigenvalue weighted by Gasteiger charge is -2.11. The zero-order valence-corrected chi connectivity index (χ0v) is 14.2. The second-order valence-electron chi connectivity index (χ2n) is 5.17. The van der Waals surface area contributed by atoms with E-state index in [0.717, 1.165) is 22.4 Å². The zero-order valence-electron chi connectivity index (χ0n) is 12.7. The zero-order chi connectivity index (χ0) is 16.3. The summed E-state index contributed by atoms with van der Waals surface area (Å²) in [7, 11) is 0. The molecule has 0 aliphatic carbocycles. The van der Waals surface area contributed by atoms with Crippen molar-refractivity contribution >= 4 is 34.8 Å². The smallest absolute Gasteiger partial charge is 0.262 e. The second kappa shape index (κ2) is 7.03. The van der Waals surface area contributed by atoms with Gasteiger partial charge in [0, 0.05) is 15.7 Å². The third-order valence-corrected chi connectivity index (χ3v) is 4.07. The Balaban J connectivity index is 1.98. The second-order valence-corrected chi connectivity index (χ2v) is 5.98. The summed E-state index contributed by atoms with van der Waals surface area (Å²) in [6.45, 7) is 5.62. The number of rotatable bonds is 4. The average molecular weight is 338 g/mol. The number of halogens is 2. The maximum atomic E-state index is 12.0. The highest BCUT2D eigenvalue weighted by atomic mass is 35.5. The van der Waals surface area contributed by atoms with E-state index in [4.69, 9.17) is 27.9 Å². The van der Waals surface area contributed by atoms with Crippen molar-refractivity contribution in [2.24, 2.45) is 0 Å². The number of hydrogen-bond donors (Lipinski definition) is 1. The molecule has 2 rings (SSSR count). The molecule has 3 nitrogen and oxygen atoms in total. The van der Waals surface area contributed by atoms with Crippen molar-refractivity contribution in [1.29, 1.82) is 0 Å². The molecule has 2 aromatic rings. The molecule has 0 aliphatic heterocycles. The molecule has 0 bridgehead atoms. The van der Waals surface area contributed by atoms with Crippen LogP contribution in [-0.2, 0) is 4.79 Å². The number of amides is 1. The fraction of sp³-hybridized carbons (Fsp3) is 0.235. The molecule has 1 N–H and O–H groups in total. The molecular formula is C17H17Cl2NO2. The number of carbonyl (C=O) groups is 1. The maximum absolute atomic E-state index is 12.0. The molecule has 22 heavy (non-hydrogen) atoms. The minimum Gasteiger partial charge on any atom is -0.484 e. The quantitative estimate of drug-likeness (QED) is 0.858. The third-order valence-electron chi connectivity index (χ3n) is 3.24. The summed E-state index contributed by atoms with van der Waals surface area (Å²) in [6, 6.07) is 8.93. The van der Waals surface area contributed by atoms with Crippen molar-refractivity contribution in [2.45, 2.75) is 20.8 Å². The van der Waals surface area contributed by atoms with Crippen molar-refractivity contribution in [1.82, 2.24) is 0 Å². The molecule has 0 atom stereocenters. The Morgan fingerprint density at radius 3 is 2.27 bits per heavy atom. The Bertz CT molecular complexity index is 691. The Hall–Kier alpha value is -1.71. The van der Waals surface area contributed by atoms with Gasteiger partial charge in [-0.3, -0.25) is 4.79 Å². The summed E-state index contributed by atoms with van der Waals surface area (Å²) in [5, 5.41) is 4.15. The predicted octanol–water partition coefficient (Wildman–Crippen LogP) is 4.94. The lowest BCUT2D eigenvalue weighted by Crippen LogP contribution is -2.20. The summed E-state index contributed by atoms with van der Waals surface area (Å²) < 4.78 is 5.52. The van der Waals surface area contributed by atoms with Gasteiger partial charge in [-0.05, 0) is 67.8 Å². The molecule has 0 saturated carbocycles. The van der Waals surface area contributed by atoms with Gasteiger partial charge in [-0.15, -0.1) is 0 Å². The van der Waals surface area contributed by atoms with Gasteiger partial charge in [0.05, 0.1) is 0 Å². The average Bonchev–Trinajstić information content (AvgIpc) is 2.45. The van der Waals surface area contributed by atoms with E-state index in [0.29, 0.717) is 15.8 Å². The Morgan fingerprint density at radius 2 is 1.68 bits per heavy atom. The van der Waals surface area contributed by atoms with Gasteiger partial charge < -0.3 is 10.1 Å². The Kier molecular flexibility index (Phi) is 5.33. The molecule has 0 unspecified atom stereocenters. The lowest BCUT2D eigenvalue weighted by molar-refractivity contribution is -0.118. The summed E-state index contributed by atoms with van der Waals surface area (Å²) in [6.07, 6.45) is 0. The highest BCUT2D eigenvalue weighted by molar-refractivity contribution is 6.32. The summed E-state index contributed by atoms with van der Waals surface area (Å²) in [4.78, 5) is 12.0. The predicted molar refractivity (Wildman–Crippen MR) is 91.2 cm³/mol. The van der Waals surface area contributed by atoms with Crippen molar-refractivity contribution in [3.63, 3.8) is 0 Å². The first-order chi connectivity index (χ1) is 10.4. The number of ether oxygens (including phenoxy) is 1. The molecule has 116 valence electrons. The normalized spacial score (nSPS) is 10.4. The molecule has 0 heterocycles. The Labute approximate surface area is 140 Å². The summed E-state index contributed by atoms with van der Waals surface area (Å²) in [5.74, 6) is 0.401. The van der Waals surface area contributed by atoms with E-state index in [-0.39, 0.29) is 12.5 Å². The van der Waals surface area contributed by atoms with Gasteiger partial charge in [-0.1, -0.05) is 23.2 Å². The van der Waals surface area contributed by atoms with Crippen LogP contribution in [0.15, 0.2) is 30.3 Å². The number of anilines is 1. The van der Waals surface area contributed by atoms with Crippen LogP contribution in [0.4, 0.5) is 5.69 Å². The van der Waals surface area contributed by atoms with E-state index in [2.05, 4.69) is 5.32 Å². The third kappa shape index (κ3) is 4.15. The molecule has 0 aromatic heterocycles. The van der Waals surface area contributed by atoms with Crippen LogP contribution in [-0.4, -0.2) is 12.5 Å². The van der Waals surface area contributed by atoms with Gasteiger partial charge in [0.25, 0.3) is 5.91 Å². The van der Waals surface area contributed by atoms with Crippen LogP contribution < -0.4 is 10.1 Å². The molecule has 5 heteroatoms. The van der Waals surface area contributed by atoms with E-state index in [1.54, 1.807) is 18.2 Å². The molecule has 0 saturated heterocycles. The van der Waals surface area contributed by atoms with Crippen molar-refractivity contribution in [3.8, 4) is 5.75 Å². The molecule has 2 aromatic carbocycles. The molecule has 1 amide bonds. The summed E-state index contributed by atoms with van der Waals surface area (Å²) >= 11 is 12.0. The van der Waals surface area contributed by atoms with Crippen LogP contribution in [0.1, 0.15) is 16.7 Å². The number of benzene rings is 2. The number of carbonyl (C=O) groups excluding carboxylic acids is 1. The molecule has 0 fully saturated rings. The first-order valence-electron chi connectivity index (χ1n) is 6.82. The number of aryl methyl sites for hydroxylation is 3. The van der Waals surface area contributed by atoms with Gasteiger partial charge in [-0.25, -0.2) is 0 Å². The van der Waals surface area contributed by atoms with E-state index in [1.165, 1.54) is 0 Å². The molecule has 0 spiro atoms. The van der Waals surface area contributed by atoms with Gasteiger partial charge in [-0.2, -0.15) is 0 Å². The van der Waals surface area contributed by atoms with E-state index in [1.807, 2.05) is 32.9 Å².